The first-order valence-corrected chi connectivity index (χ1v) is 5.38. The second-order valence-electron chi connectivity index (χ2n) is 4.07. The van der Waals surface area contributed by atoms with Crippen molar-refractivity contribution >= 4 is 5.82 Å². The summed E-state index contributed by atoms with van der Waals surface area (Å²) in [6.45, 7) is 0.594. The van der Waals surface area contributed by atoms with Crippen LogP contribution >= 0.6 is 0 Å². The molecule has 0 amide bonds. The van der Waals surface area contributed by atoms with Crippen LogP contribution in [0.25, 0.3) is 0 Å². The van der Waals surface area contributed by atoms with E-state index in [0.717, 1.165) is 5.56 Å². The molecule has 1 heterocycles. The number of hydrogen-bond acceptors (Lipinski definition) is 4. The van der Waals surface area contributed by atoms with Crippen molar-refractivity contribution in [2.75, 3.05) is 12.3 Å². The molecule has 0 spiro atoms. The van der Waals surface area contributed by atoms with Crippen LogP contribution in [0.5, 0.6) is 0 Å². The first-order valence-electron chi connectivity index (χ1n) is 5.38. The highest BCUT2D eigenvalue weighted by Crippen LogP contribution is 2.19. The molecular formula is C11H17N3O. The zero-order chi connectivity index (χ0) is 10.7. The zero-order valence-electron chi connectivity index (χ0n) is 8.69. The van der Waals surface area contributed by atoms with E-state index in [1.54, 1.807) is 12.3 Å². The maximum Gasteiger partial charge on any atom is 0.123 e. The number of rotatable bonds is 4. The fourth-order valence-electron chi connectivity index (χ4n) is 1.62. The van der Waals surface area contributed by atoms with Crippen molar-refractivity contribution in [1.29, 1.82) is 0 Å². The van der Waals surface area contributed by atoms with Crippen LogP contribution in [0.15, 0.2) is 18.3 Å². The SMILES string of the molecule is Nc1ccc(C(O)CNC2CCC2)cn1. The van der Waals surface area contributed by atoms with E-state index in [-0.39, 0.29) is 0 Å². The molecule has 1 fully saturated rings. The summed E-state index contributed by atoms with van der Waals surface area (Å²) >= 11 is 0. The van der Waals surface area contributed by atoms with Crippen molar-refractivity contribution in [3.63, 3.8) is 0 Å². The van der Waals surface area contributed by atoms with Gasteiger partial charge in [0, 0.05) is 24.3 Å². The first kappa shape index (κ1) is 10.4. The summed E-state index contributed by atoms with van der Waals surface area (Å²) < 4.78 is 0. The van der Waals surface area contributed by atoms with Gasteiger partial charge in [-0.3, -0.25) is 0 Å². The number of aliphatic hydroxyl groups excluding tert-OH is 1. The molecule has 1 aliphatic carbocycles. The Morgan fingerprint density at radius 1 is 1.53 bits per heavy atom. The predicted molar refractivity (Wildman–Crippen MR) is 59.3 cm³/mol. The molecule has 0 radical (unpaired) electrons. The number of nitrogens with two attached hydrogens (primary N) is 1. The van der Waals surface area contributed by atoms with Gasteiger partial charge in [-0.1, -0.05) is 12.5 Å². The van der Waals surface area contributed by atoms with E-state index in [0.29, 0.717) is 18.4 Å². The summed E-state index contributed by atoms with van der Waals surface area (Å²) in [5.41, 5.74) is 6.29. The van der Waals surface area contributed by atoms with Crippen molar-refractivity contribution in [1.82, 2.24) is 10.3 Å². The highest BCUT2D eigenvalue weighted by Gasteiger charge is 2.18. The normalized spacial score (nSPS) is 18.5. The molecule has 4 nitrogen and oxygen atoms in total. The number of nitrogens with zero attached hydrogens (tertiary/aromatic N) is 1. The summed E-state index contributed by atoms with van der Waals surface area (Å²) in [5, 5.41) is 13.2. The minimum atomic E-state index is -0.487. The van der Waals surface area contributed by atoms with Crippen LogP contribution in [-0.2, 0) is 0 Å². The third-order valence-electron chi connectivity index (χ3n) is 2.90. The molecule has 4 heteroatoms. The van der Waals surface area contributed by atoms with Crippen molar-refractivity contribution in [3.8, 4) is 0 Å². The van der Waals surface area contributed by atoms with Gasteiger partial charge in [-0.05, 0) is 18.9 Å². The van der Waals surface area contributed by atoms with Crippen LogP contribution < -0.4 is 11.1 Å². The maximum atomic E-state index is 9.84. The Hall–Kier alpha value is -1.13. The Morgan fingerprint density at radius 2 is 2.33 bits per heavy atom. The largest absolute Gasteiger partial charge is 0.387 e. The van der Waals surface area contributed by atoms with Gasteiger partial charge in [-0.2, -0.15) is 0 Å². The van der Waals surface area contributed by atoms with Gasteiger partial charge in [-0.25, -0.2) is 4.98 Å². The van der Waals surface area contributed by atoms with Crippen molar-refractivity contribution in [2.45, 2.75) is 31.4 Å². The molecule has 1 atom stereocenters. The molecule has 82 valence electrons. The monoisotopic (exact) mass is 207 g/mol. The minimum Gasteiger partial charge on any atom is -0.387 e. The maximum absolute atomic E-state index is 9.84. The molecule has 1 saturated carbocycles. The van der Waals surface area contributed by atoms with Crippen LogP contribution in [0.4, 0.5) is 5.82 Å². The molecule has 0 saturated heterocycles. The Balaban J connectivity index is 1.83. The van der Waals surface area contributed by atoms with E-state index >= 15 is 0 Å². The number of nitrogens with one attached hydrogen (secondary N) is 1. The zero-order valence-corrected chi connectivity index (χ0v) is 8.69. The third kappa shape index (κ3) is 2.67. The lowest BCUT2D eigenvalue weighted by atomic mass is 9.93. The van der Waals surface area contributed by atoms with Gasteiger partial charge in [0.15, 0.2) is 0 Å². The lowest BCUT2D eigenvalue weighted by Crippen LogP contribution is -2.37. The third-order valence-corrected chi connectivity index (χ3v) is 2.90. The molecular weight excluding hydrogens is 190 g/mol. The van der Waals surface area contributed by atoms with Gasteiger partial charge in [0.1, 0.15) is 5.82 Å². The molecule has 0 aliphatic heterocycles. The standard InChI is InChI=1S/C11H17N3O/c12-11-5-4-8(6-14-11)10(15)7-13-9-2-1-3-9/h4-6,9-10,13,15H,1-3,7H2,(H2,12,14). The number of aliphatic hydroxyl groups is 1. The average Bonchev–Trinajstić information content (AvgIpc) is 2.16. The van der Waals surface area contributed by atoms with Gasteiger partial charge < -0.3 is 16.2 Å². The van der Waals surface area contributed by atoms with Gasteiger partial charge in [0.05, 0.1) is 6.10 Å². The van der Waals surface area contributed by atoms with E-state index in [1.165, 1.54) is 19.3 Å². The average molecular weight is 207 g/mol. The quantitative estimate of drug-likeness (QED) is 0.684. The Bertz CT molecular complexity index is 308. The fraction of sp³-hybridized carbons (Fsp3) is 0.545. The van der Waals surface area contributed by atoms with Gasteiger partial charge in [0.2, 0.25) is 0 Å². The van der Waals surface area contributed by atoms with Crippen LogP contribution in [0.3, 0.4) is 0 Å². The summed E-state index contributed by atoms with van der Waals surface area (Å²) in [6, 6.07) is 4.12. The first-order chi connectivity index (χ1) is 7.25. The van der Waals surface area contributed by atoms with Crippen LogP contribution in [-0.4, -0.2) is 22.7 Å². The molecule has 15 heavy (non-hydrogen) atoms. The fourth-order valence-corrected chi connectivity index (χ4v) is 1.62. The molecule has 0 aromatic carbocycles. The molecule has 4 N–H and O–H groups in total. The van der Waals surface area contributed by atoms with E-state index < -0.39 is 6.10 Å². The second-order valence-corrected chi connectivity index (χ2v) is 4.07. The van der Waals surface area contributed by atoms with Crippen molar-refractivity contribution in [3.05, 3.63) is 23.9 Å². The summed E-state index contributed by atoms with van der Waals surface area (Å²) in [5.74, 6) is 0.484. The predicted octanol–water partition coefficient (Wildman–Crippen LogP) is 0.839. The van der Waals surface area contributed by atoms with E-state index in [1.807, 2.05) is 6.07 Å². The van der Waals surface area contributed by atoms with E-state index in [2.05, 4.69) is 10.3 Å². The molecule has 1 unspecified atom stereocenters. The topological polar surface area (TPSA) is 71.2 Å². The Morgan fingerprint density at radius 3 is 2.87 bits per heavy atom. The highest BCUT2D eigenvalue weighted by atomic mass is 16.3. The van der Waals surface area contributed by atoms with Gasteiger partial charge in [-0.15, -0.1) is 0 Å². The second kappa shape index (κ2) is 4.59. The number of nitrogen functional groups attached to an aromatic ring is 1. The lowest BCUT2D eigenvalue weighted by Gasteiger charge is -2.27. The van der Waals surface area contributed by atoms with Crippen molar-refractivity contribution < 1.29 is 5.11 Å². The smallest absolute Gasteiger partial charge is 0.123 e. The number of anilines is 1. The van der Waals surface area contributed by atoms with Crippen LogP contribution in [0, 0.1) is 0 Å². The van der Waals surface area contributed by atoms with Crippen molar-refractivity contribution in [2.24, 2.45) is 0 Å². The number of hydrogen-bond donors (Lipinski definition) is 3. The molecule has 1 aromatic rings. The van der Waals surface area contributed by atoms with Gasteiger partial charge in [0.25, 0.3) is 0 Å². The summed E-state index contributed by atoms with van der Waals surface area (Å²) in [6.07, 6.45) is 4.90. The van der Waals surface area contributed by atoms with Crippen LogP contribution in [0.1, 0.15) is 30.9 Å². The Kier molecular flexibility index (Phi) is 3.18. The molecule has 1 aliphatic rings. The molecule has 1 aromatic heterocycles. The summed E-state index contributed by atoms with van der Waals surface area (Å²) in [4.78, 5) is 3.95. The minimum absolute atomic E-state index is 0.484. The van der Waals surface area contributed by atoms with E-state index in [4.69, 9.17) is 5.73 Å². The van der Waals surface area contributed by atoms with E-state index in [9.17, 15) is 5.11 Å². The number of pyridine rings is 1. The lowest BCUT2D eigenvalue weighted by molar-refractivity contribution is 0.161. The van der Waals surface area contributed by atoms with Crippen LogP contribution in [0.2, 0.25) is 0 Å². The number of aromatic nitrogens is 1. The highest BCUT2D eigenvalue weighted by molar-refractivity contribution is 5.30. The van der Waals surface area contributed by atoms with Gasteiger partial charge >= 0.3 is 0 Å². The Labute approximate surface area is 89.5 Å². The molecule has 0 bridgehead atoms. The summed E-state index contributed by atoms with van der Waals surface area (Å²) in [7, 11) is 0. The molecule has 2 rings (SSSR count).